The van der Waals surface area contributed by atoms with Crippen LogP contribution in [-0.4, -0.2) is 89.0 Å². The quantitative estimate of drug-likeness (QED) is 0.262. The third-order valence-corrected chi connectivity index (χ3v) is 7.40. The minimum Gasteiger partial charge on any atom is -0.391 e. The van der Waals surface area contributed by atoms with Gasteiger partial charge in [0.25, 0.3) is 0 Å². The van der Waals surface area contributed by atoms with Gasteiger partial charge in [0, 0.05) is 56.0 Å². The van der Waals surface area contributed by atoms with E-state index in [4.69, 9.17) is 0 Å². The Bertz CT molecular complexity index is 1380. The molecule has 4 amide bonds. The lowest BCUT2D eigenvalue weighted by atomic mass is 10.0. The van der Waals surface area contributed by atoms with Gasteiger partial charge in [-0.3, -0.25) is 19.2 Å². The zero-order valence-electron chi connectivity index (χ0n) is 22.1. The normalized spacial score (nSPS) is 25.0. The molecule has 3 aromatic rings. The van der Waals surface area contributed by atoms with Crippen LogP contribution in [-0.2, 0) is 32.0 Å². The van der Waals surface area contributed by atoms with Gasteiger partial charge in [-0.2, -0.15) is 0 Å². The number of aromatic amines is 1. The molecule has 4 atom stereocenters. The topological polar surface area (TPSA) is 156 Å². The van der Waals surface area contributed by atoms with Crippen LogP contribution in [0.4, 0.5) is 0 Å². The Balaban J connectivity index is 1.42. The van der Waals surface area contributed by atoms with Crippen LogP contribution >= 0.6 is 0 Å². The molecule has 40 heavy (non-hydrogen) atoms. The minimum atomic E-state index is -0.987. The van der Waals surface area contributed by atoms with E-state index in [1.165, 1.54) is 4.90 Å². The van der Waals surface area contributed by atoms with E-state index in [0.717, 1.165) is 22.0 Å². The Kier molecular flexibility index (Phi) is 8.42. The van der Waals surface area contributed by atoms with E-state index in [2.05, 4.69) is 26.3 Å². The zero-order valence-corrected chi connectivity index (χ0v) is 22.1. The molecule has 2 fully saturated rings. The van der Waals surface area contributed by atoms with Crippen molar-refractivity contribution in [3.05, 3.63) is 71.9 Å². The number of benzene rings is 2. The van der Waals surface area contributed by atoms with Gasteiger partial charge in [0.15, 0.2) is 0 Å². The molecule has 5 rings (SSSR count). The van der Waals surface area contributed by atoms with Gasteiger partial charge in [0.05, 0.1) is 12.6 Å². The van der Waals surface area contributed by atoms with Crippen LogP contribution in [0.2, 0.25) is 0 Å². The van der Waals surface area contributed by atoms with Gasteiger partial charge in [0.2, 0.25) is 23.6 Å². The number of nitrogens with zero attached hydrogens (tertiary/aromatic N) is 1. The van der Waals surface area contributed by atoms with Crippen molar-refractivity contribution in [2.24, 2.45) is 0 Å². The van der Waals surface area contributed by atoms with Crippen molar-refractivity contribution < 1.29 is 24.3 Å². The number of rotatable bonds is 4. The third kappa shape index (κ3) is 6.32. The van der Waals surface area contributed by atoms with E-state index in [1.807, 2.05) is 60.8 Å². The smallest absolute Gasteiger partial charge is 0.246 e. The summed E-state index contributed by atoms with van der Waals surface area (Å²) in [5.74, 6) is -1.74. The number of para-hydroxylation sites is 1. The van der Waals surface area contributed by atoms with Crippen molar-refractivity contribution in [2.45, 2.75) is 43.5 Å². The highest BCUT2D eigenvalue weighted by molar-refractivity contribution is 5.95. The average molecular weight is 547 g/mol. The van der Waals surface area contributed by atoms with Crippen molar-refractivity contribution in [1.82, 2.24) is 31.2 Å². The van der Waals surface area contributed by atoms with Gasteiger partial charge in [-0.15, -0.1) is 0 Å². The van der Waals surface area contributed by atoms with E-state index >= 15 is 0 Å². The van der Waals surface area contributed by atoms with Gasteiger partial charge in [-0.25, -0.2) is 0 Å². The van der Waals surface area contributed by atoms with Crippen molar-refractivity contribution in [3.8, 4) is 0 Å². The summed E-state index contributed by atoms with van der Waals surface area (Å²) in [4.78, 5) is 57.9. The van der Waals surface area contributed by atoms with Crippen LogP contribution in [0, 0.1) is 0 Å². The number of H-pyrrole nitrogens is 1. The number of aliphatic hydroxyl groups excluding tert-OH is 1. The Morgan fingerprint density at radius 3 is 2.45 bits per heavy atom. The fraction of sp³-hybridized carbons (Fsp3) is 0.379. The molecule has 0 radical (unpaired) electrons. The molecule has 0 aliphatic carbocycles. The first-order valence-corrected chi connectivity index (χ1v) is 13.5. The number of amides is 4. The molecule has 0 saturated carbocycles. The average Bonchev–Trinajstić information content (AvgIpc) is 3.55. The van der Waals surface area contributed by atoms with Gasteiger partial charge >= 0.3 is 0 Å². The number of aromatic nitrogens is 1. The summed E-state index contributed by atoms with van der Waals surface area (Å²) in [6, 6.07) is 14.2. The van der Waals surface area contributed by atoms with Crippen molar-refractivity contribution >= 4 is 34.5 Å². The highest BCUT2D eigenvalue weighted by Crippen LogP contribution is 2.23. The number of fused-ring (bicyclic) bond motifs is 2. The molecule has 11 nitrogen and oxygen atoms in total. The molecule has 0 bridgehead atoms. The van der Waals surface area contributed by atoms with Crippen LogP contribution < -0.4 is 21.3 Å². The molecule has 11 heteroatoms. The number of carbonyl (C=O) groups excluding carboxylic acids is 4. The van der Waals surface area contributed by atoms with Gasteiger partial charge in [-0.1, -0.05) is 48.5 Å². The molecule has 210 valence electrons. The maximum absolute atomic E-state index is 13.9. The number of nitrogens with one attached hydrogen (secondary N) is 5. The third-order valence-electron chi connectivity index (χ3n) is 7.40. The van der Waals surface area contributed by atoms with E-state index in [-0.39, 0.29) is 50.7 Å². The van der Waals surface area contributed by atoms with Crippen LogP contribution in [0.15, 0.2) is 60.8 Å². The maximum Gasteiger partial charge on any atom is 0.246 e. The van der Waals surface area contributed by atoms with Gasteiger partial charge in [-0.05, 0) is 17.2 Å². The van der Waals surface area contributed by atoms with Crippen molar-refractivity contribution in [1.29, 1.82) is 0 Å². The van der Waals surface area contributed by atoms with Gasteiger partial charge < -0.3 is 36.3 Å². The first kappa shape index (κ1) is 27.4. The molecule has 1 aromatic heterocycles. The SMILES string of the molecule is O=C1CNCCNC(=O)[C@H](Cc2ccccc2)NC(=O)[C@@H]2C[C@@H](O)CN2C(=O)[C@@H](Cc2c[nH]c3ccccc23)N1. The fourth-order valence-electron chi connectivity index (χ4n) is 5.40. The van der Waals surface area contributed by atoms with Crippen molar-refractivity contribution in [2.75, 3.05) is 26.2 Å². The number of carbonyl (C=O) groups is 4. The van der Waals surface area contributed by atoms with E-state index in [1.54, 1.807) is 0 Å². The molecular formula is C29H34N6O5. The minimum absolute atomic E-state index is 0.0343. The Labute approximate surface area is 231 Å². The summed E-state index contributed by atoms with van der Waals surface area (Å²) >= 11 is 0. The molecule has 2 aliphatic rings. The second-order valence-electron chi connectivity index (χ2n) is 10.3. The fourth-order valence-corrected chi connectivity index (χ4v) is 5.40. The zero-order chi connectivity index (χ0) is 28.1. The summed E-state index contributed by atoms with van der Waals surface area (Å²) in [5.41, 5.74) is 2.62. The first-order chi connectivity index (χ1) is 19.4. The lowest BCUT2D eigenvalue weighted by Gasteiger charge is -2.29. The molecule has 0 unspecified atom stereocenters. The van der Waals surface area contributed by atoms with E-state index in [0.29, 0.717) is 6.54 Å². The van der Waals surface area contributed by atoms with Gasteiger partial charge in [0.1, 0.15) is 18.1 Å². The highest BCUT2D eigenvalue weighted by Gasteiger charge is 2.42. The predicted molar refractivity (Wildman–Crippen MR) is 148 cm³/mol. The van der Waals surface area contributed by atoms with E-state index in [9.17, 15) is 24.3 Å². The number of hydrogen-bond donors (Lipinski definition) is 6. The van der Waals surface area contributed by atoms with Crippen LogP contribution in [0.3, 0.4) is 0 Å². The first-order valence-electron chi connectivity index (χ1n) is 13.5. The van der Waals surface area contributed by atoms with Crippen molar-refractivity contribution in [3.63, 3.8) is 0 Å². The second kappa shape index (κ2) is 12.3. The lowest BCUT2D eigenvalue weighted by molar-refractivity contribution is -0.142. The Hall–Kier alpha value is -4.22. The van der Waals surface area contributed by atoms with Crippen LogP contribution in [0.1, 0.15) is 17.5 Å². The summed E-state index contributed by atoms with van der Waals surface area (Å²) < 4.78 is 0. The largest absolute Gasteiger partial charge is 0.391 e. The Morgan fingerprint density at radius 2 is 1.62 bits per heavy atom. The molecule has 2 aromatic carbocycles. The standard InChI is InChI=1S/C29H34N6O5/c36-20-14-25-28(39)34-23(12-18-6-2-1-3-7-18)27(38)31-11-10-30-16-26(37)33-24(29(40)35(25)17-20)13-19-15-32-22-9-5-4-8-21(19)22/h1-9,15,20,23-25,30,32,36H,10-14,16-17H2,(H,31,38)(H,33,37)(H,34,39)/t20-,23+,24-,25+/m1/s1. The molecule has 3 heterocycles. The number of aliphatic hydroxyl groups is 1. The Morgan fingerprint density at radius 1 is 0.850 bits per heavy atom. The summed E-state index contributed by atoms with van der Waals surface area (Å²) in [5, 5.41) is 22.9. The van der Waals surface area contributed by atoms with Crippen LogP contribution in [0.5, 0.6) is 0 Å². The molecule has 0 spiro atoms. The monoisotopic (exact) mass is 546 g/mol. The summed E-state index contributed by atoms with van der Waals surface area (Å²) in [6.07, 6.45) is 1.40. The summed E-state index contributed by atoms with van der Waals surface area (Å²) in [6.45, 7) is 0.474. The number of hydrogen-bond acceptors (Lipinski definition) is 6. The predicted octanol–water partition coefficient (Wildman–Crippen LogP) is -0.396. The second-order valence-corrected chi connectivity index (χ2v) is 10.3. The molecule has 2 saturated heterocycles. The molecule has 2 aliphatic heterocycles. The summed E-state index contributed by atoms with van der Waals surface area (Å²) in [7, 11) is 0. The lowest BCUT2D eigenvalue weighted by Crippen LogP contribution is -2.57. The van der Waals surface area contributed by atoms with E-state index < -0.39 is 36.0 Å². The molecule has 6 N–H and O–H groups in total. The van der Waals surface area contributed by atoms with Crippen LogP contribution in [0.25, 0.3) is 10.9 Å². The molecular weight excluding hydrogens is 512 g/mol. The maximum atomic E-state index is 13.9. The highest BCUT2D eigenvalue weighted by atomic mass is 16.3.